The van der Waals surface area contributed by atoms with E-state index < -0.39 is 6.10 Å². The normalized spacial score (nSPS) is 13.0. The Morgan fingerprint density at radius 2 is 0.741 bits per heavy atom. The Kier molecular flexibility index (Phi) is 42.1. The maximum atomic E-state index is 12.2. The number of aliphatic hydroxyl groups is 1. The molecule has 0 heterocycles. The molecule has 0 aliphatic rings. The van der Waals surface area contributed by atoms with Crippen molar-refractivity contribution in [2.45, 2.75) is 200 Å². The molecule has 5 heteroatoms. The first-order valence-corrected chi connectivity index (χ1v) is 22.1. The zero-order chi connectivity index (χ0) is 39.3. The number of ether oxygens (including phenoxy) is 2. The van der Waals surface area contributed by atoms with E-state index in [4.69, 9.17) is 9.47 Å². The summed E-state index contributed by atoms with van der Waals surface area (Å²) in [7, 11) is 0. The van der Waals surface area contributed by atoms with Crippen LogP contribution >= 0.6 is 0 Å². The standard InChI is InChI=1S/C49H82O5/c1-3-5-7-9-11-13-15-17-18-19-20-21-22-23-24-25-26-27-28-29-30-32-34-36-38-40-42-44-49(52)54-47(45-50)46-53-48(51)43-41-39-37-35-33-31-16-14-12-10-8-6-4-2/h5-8,11-14,17-18,20-21,31,33,47,50H,3-4,9-10,15-16,19,22-30,32,34-46H2,1-2H3/b7-5-,8-6-,13-11-,14-12-,18-17-,21-20-,33-31-. The molecule has 0 fully saturated rings. The van der Waals surface area contributed by atoms with Gasteiger partial charge in [-0.05, 0) is 83.5 Å². The number of rotatable bonds is 39. The summed E-state index contributed by atoms with van der Waals surface area (Å²) in [5.74, 6) is -0.630. The predicted molar refractivity (Wildman–Crippen MR) is 233 cm³/mol. The summed E-state index contributed by atoms with van der Waals surface area (Å²) in [6, 6.07) is 0. The molecule has 0 aromatic heterocycles. The van der Waals surface area contributed by atoms with Gasteiger partial charge in [0.05, 0.1) is 6.61 Å². The van der Waals surface area contributed by atoms with Crippen LogP contribution in [0, 0.1) is 0 Å². The van der Waals surface area contributed by atoms with Crippen LogP contribution in [0.25, 0.3) is 0 Å². The van der Waals surface area contributed by atoms with E-state index in [1.807, 2.05) is 0 Å². The van der Waals surface area contributed by atoms with E-state index in [2.05, 4.69) is 98.9 Å². The number of esters is 2. The van der Waals surface area contributed by atoms with E-state index in [1.165, 1.54) is 77.0 Å². The van der Waals surface area contributed by atoms with Crippen molar-refractivity contribution in [3.8, 4) is 0 Å². The molecule has 1 unspecified atom stereocenters. The SMILES string of the molecule is CC/C=C\C/C=C\C/C=C\C/C=C\CCCCCCCCCCCCCCCCC(=O)OC(CO)COC(=O)CCCCC/C=C\C/C=C\C/C=C\CC. The second-order valence-corrected chi connectivity index (χ2v) is 14.4. The molecule has 0 aliphatic carbocycles. The van der Waals surface area contributed by atoms with Crippen LogP contribution in [0.4, 0.5) is 0 Å². The highest BCUT2D eigenvalue weighted by molar-refractivity contribution is 5.70. The lowest BCUT2D eigenvalue weighted by Crippen LogP contribution is -2.28. The van der Waals surface area contributed by atoms with Gasteiger partial charge in [-0.1, -0.05) is 182 Å². The summed E-state index contributed by atoms with van der Waals surface area (Å²) in [6.07, 6.45) is 61.0. The Labute approximate surface area is 333 Å². The van der Waals surface area contributed by atoms with E-state index in [9.17, 15) is 14.7 Å². The van der Waals surface area contributed by atoms with Crippen molar-refractivity contribution in [3.63, 3.8) is 0 Å². The van der Waals surface area contributed by atoms with Gasteiger partial charge in [-0.15, -0.1) is 0 Å². The van der Waals surface area contributed by atoms with E-state index in [1.54, 1.807) is 0 Å². The minimum Gasteiger partial charge on any atom is -0.462 e. The minimum atomic E-state index is -0.787. The lowest BCUT2D eigenvalue weighted by molar-refractivity contribution is -0.161. The molecule has 308 valence electrons. The second-order valence-electron chi connectivity index (χ2n) is 14.4. The summed E-state index contributed by atoms with van der Waals surface area (Å²) in [5.41, 5.74) is 0. The van der Waals surface area contributed by atoms with E-state index in [-0.39, 0.29) is 25.2 Å². The Hall–Kier alpha value is -2.92. The molecule has 0 aromatic carbocycles. The average Bonchev–Trinajstić information content (AvgIpc) is 3.17. The second kappa shape index (κ2) is 44.5. The van der Waals surface area contributed by atoms with Crippen molar-refractivity contribution in [1.82, 2.24) is 0 Å². The lowest BCUT2D eigenvalue weighted by atomic mass is 10.0. The summed E-state index contributed by atoms with van der Waals surface area (Å²) in [6.45, 7) is 3.88. The first kappa shape index (κ1) is 51.1. The summed E-state index contributed by atoms with van der Waals surface area (Å²) >= 11 is 0. The molecular weight excluding hydrogens is 669 g/mol. The van der Waals surface area contributed by atoms with Gasteiger partial charge >= 0.3 is 11.9 Å². The fraction of sp³-hybridized carbons (Fsp3) is 0.673. The minimum absolute atomic E-state index is 0.0845. The zero-order valence-electron chi connectivity index (χ0n) is 35.0. The first-order chi connectivity index (χ1) is 26.6. The largest absolute Gasteiger partial charge is 0.462 e. The molecule has 54 heavy (non-hydrogen) atoms. The Morgan fingerprint density at radius 1 is 0.426 bits per heavy atom. The number of allylic oxidation sites excluding steroid dienone is 14. The molecule has 1 atom stereocenters. The Balaban J connectivity index is 3.53. The third kappa shape index (κ3) is 41.8. The fourth-order valence-corrected chi connectivity index (χ4v) is 5.91. The molecule has 0 saturated carbocycles. The van der Waals surface area contributed by atoms with Crippen molar-refractivity contribution >= 4 is 11.9 Å². The smallest absolute Gasteiger partial charge is 0.306 e. The fourth-order valence-electron chi connectivity index (χ4n) is 5.91. The van der Waals surface area contributed by atoms with Crippen LogP contribution in [-0.2, 0) is 19.1 Å². The topological polar surface area (TPSA) is 72.8 Å². The molecule has 5 nitrogen and oxygen atoms in total. The highest BCUT2D eigenvalue weighted by atomic mass is 16.6. The summed E-state index contributed by atoms with van der Waals surface area (Å²) < 4.78 is 10.6. The maximum Gasteiger partial charge on any atom is 0.306 e. The zero-order valence-corrected chi connectivity index (χ0v) is 35.0. The van der Waals surface area contributed by atoms with Crippen molar-refractivity contribution in [2.24, 2.45) is 0 Å². The van der Waals surface area contributed by atoms with Crippen LogP contribution in [0.1, 0.15) is 194 Å². The summed E-state index contributed by atoms with van der Waals surface area (Å²) in [5, 5.41) is 9.57. The number of unbranched alkanes of at least 4 members (excludes halogenated alkanes) is 17. The number of hydrogen-bond donors (Lipinski definition) is 1. The monoisotopic (exact) mass is 751 g/mol. The summed E-state index contributed by atoms with van der Waals surface area (Å²) in [4.78, 5) is 24.3. The molecule has 0 bridgehead atoms. The quantitative estimate of drug-likeness (QED) is 0.0385. The van der Waals surface area contributed by atoms with Gasteiger partial charge in [0.2, 0.25) is 0 Å². The van der Waals surface area contributed by atoms with Gasteiger partial charge < -0.3 is 14.6 Å². The van der Waals surface area contributed by atoms with Gasteiger partial charge in [0.1, 0.15) is 6.61 Å². The molecule has 1 N–H and O–H groups in total. The Morgan fingerprint density at radius 3 is 1.13 bits per heavy atom. The third-order valence-electron chi connectivity index (χ3n) is 9.18. The highest BCUT2D eigenvalue weighted by Gasteiger charge is 2.16. The third-order valence-corrected chi connectivity index (χ3v) is 9.18. The molecule has 0 radical (unpaired) electrons. The van der Waals surface area contributed by atoms with Crippen molar-refractivity contribution in [2.75, 3.05) is 13.2 Å². The molecule has 0 aromatic rings. The maximum absolute atomic E-state index is 12.2. The van der Waals surface area contributed by atoms with E-state index >= 15 is 0 Å². The molecule has 0 spiro atoms. The Bertz CT molecular complexity index is 1030. The lowest BCUT2D eigenvalue weighted by Gasteiger charge is -2.15. The van der Waals surface area contributed by atoms with Gasteiger partial charge in [0, 0.05) is 12.8 Å². The number of carbonyl (C=O) groups excluding carboxylic acids is 2. The average molecular weight is 751 g/mol. The van der Waals surface area contributed by atoms with Crippen molar-refractivity contribution < 1.29 is 24.2 Å². The van der Waals surface area contributed by atoms with E-state index in [0.29, 0.717) is 12.8 Å². The van der Waals surface area contributed by atoms with Crippen molar-refractivity contribution in [3.05, 3.63) is 85.1 Å². The number of aliphatic hydroxyl groups excluding tert-OH is 1. The molecule has 0 saturated heterocycles. The van der Waals surface area contributed by atoms with Gasteiger partial charge in [-0.3, -0.25) is 9.59 Å². The predicted octanol–water partition coefficient (Wildman–Crippen LogP) is 14.3. The van der Waals surface area contributed by atoms with Gasteiger partial charge in [0.15, 0.2) is 6.10 Å². The van der Waals surface area contributed by atoms with E-state index in [0.717, 1.165) is 89.9 Å². The van der Waals surface area contributed by atoms with Gasteiger partial charge in [-0.25, -0.2) is 0 Å². The molecule has 0 rings (SSSR count). The van der Waals surface area contributed by atoms with Crippen LogP contribution in [0.5, 0.6) is 0 Å². The molecule has 0 aliphatic heterocycles. The first-order valence-electron chi connectivity index (χ1n) is 22.1. The van der Waals surface area contributed by atoms with Crippen LogP contribution in [-0.4, -0.2) is 36.4 Å². The number of carbonyl (C=O) groups is 2. The van der Waals surface area contributed by atoms with Crippen LogP contribution in [0.3, 0.4) is 0 Å². The van der Waals surface area contributed by atoms with Crippen LogP contribution in [0.2, 0.25) is 0 Å². The molecule has 0 amide bonds. The molecular formula is C49H82O5. The highest BCUT2D eigenvalue weighted by Crippen LogP contribution is 2.14. The van der Waals surface area contributed by atoms with Crippen molar-refractivity contribution in [1.29, 1.82) is 0 Å². The van der Waals surface area contributed by atoms with Gasteiger partial charge in [0.25, 0.3) is 0 Å². The van der Waals surface area contributed by atoms with Gasteiger partial charge in [-0.2, -0.15) is 0 Å². The number of hydrogen-bond acceptors (Lipinski definition) is 5. The van der Waals surface area contributed by atoms with Crippen LogP contribution in [0.15, 0.2) is 85.1 Å². The van der Waals surface area contributed by atoms with Crippen LogP contribution < -0.4 is 0 Å².